The van der Waals surface area contributed by atoms with Crippen molar-refractivity contribution in [2.75, 3.05) is 10.8 Å². The van der Waals surface area contributed by atoms with Crippen molar-refractivity contribution in [3.63, 3.8) is 0 Å². The molecule has 10 heteroatoms. The number of hydrogen-bond acceptors (Lipinski definition) is 3. The van der Waals surface area contributed by atoms with Gasteiger partial charge in [0.2, 0.25) is 0 Å². The Kier molecular flexibility index (Phi) is 5.74. The molecule has 2 aliphatic rings. The molecule has 184 valence electrons. The van der Waals surface area contributed by atoms with Gasteiger partial charge in [-0.3, -0.25) is 4.31 Å². The first kappa shape index (κ1) is 23.6. The Morgan fingerprint density at radius 1 is 0.943 bits per heavy atom. The lowest BCUT2D eigenvalue weighted by atomic mass is 9.80. The number of halogens is 5. The van der Waals surface area contributed by atoms with E-state index in [9.17, 15) is 30.4 Å². The van der Waals surface area contributed by atoms with E-state index >= 15 is 0 Å². The number of ether oxygens (including phenoxy) is 1. The van der Waals surface area contributed by atoms with E-state index in [1.54, 1.807) is 0 Å². The van der Waals surface area contributed by atoms with Crippen molar-refractivity contribution >= 4 is 15.7 Å². The largest absolute Gasteiger partial charge is 0.486 e. The van der Waals surface area contributed by atoms with Gasteiger partial charge in [0.25, 0.3) is 10.0 Å². The Hall–Kier alpha value is -3.14. The zero-order chi connectivity index (χ0) is 25.0. The van der Waals surface area contributed by atoms with E-state index in [2.05, 4.69) is 0 Å². The highest BCUT2D eigenvalue weighted by Crippen LogP contribution is 2.44. The van der Waals surface area contributed by atoms with Crippen molar-refractivity contribution in [2.45, 2.75) is 36.4 Å². The molecule has 0 N–H and O–H groups in total. The zero-order valence-electron chi connectivity index (χ0n) is 18.2. The van der Waals surface area contributed by atoms with Crippen molar-refractivity contribution in [3.8, 4) is 16.9 Å². The molecule has 3 aromatic rings. The summed E-state index contributed by atoms with van der Waals surface area (Å²) in [4.78, 5) is -0.519. The fourth-order valence-corrected chi connectivity index (χ4v) is 5.93. The molecule has 4 nitrogen and oxygen atoms in total. The second-order valence-electron chi connectivity index (χ2n) is 8.72. The predicted molar refractivity (Wildman–Crippen MR) is 120 cm³/mol. The van der Waals surface area contributed by atoms with Crippen LogP contribution in [-0.2, 0) is 16.2 Å². The Labute approximate surface area is 199 Å². The van der Waals surface area contributed by atoms with Gasteiger partial charge < -0.3 is 4.74 Å². The van der Waals surface area contributed by atoms with Crippen molar-refractivity contribution < 1.29 is 35.1 Å². The smallest absolute Gasteiger partial charge is 0.416 e. The molecule has 3 aromatic carbocycles. The molecule has 0 saturated heterocycles. The fourth-order valence-electron chi connectivity index (χ4n) is 4.40. The predicted octanol–water partition coefficient (Wildman–Crippen LogP) is 6.41. The van der Waals surface area contributed by atoms with Gasteiger partial charge in [-0.25, -0.2) is 17.2 Å². The number of benzene rings is 3. The van der Waals surface area contributed by atoms with Crippen LogP contribution in [0.5, 0.6) is 5.75 Å². The summed E-state index contributed by atoms with van der Waals surface area (Å²) >= 11 is 0. The van der Waals surface area contributed by atoms with E-state index in [-0.39, 0.29) is 35.0 Å². The molecule has 1 fully saturated rings. The van der Waals surface area contributed by atoms with Crippen LogP contribution in [0.2, 0.25) is 0 Å². The minimum absolute atomic E-state index is 0.0548. The average Bonchev–Trinajstić information content (AvgIpc) is 2.78. The van der Waals surface area contributed by atoms with Crippen LogP contribution in [0.15, 0.2) is 65.6 Å². The van der Waals surface area contributed by atoms with Crippen LogP contribution >= 0.6 is 0 Å². The Balaban J connectivity index is 1.63. The van der Waals surface area contributed by atoms with E-state index in [0.717, 1.165) is 60.0 Å². The van der Waals surface area contributed by atoms with Crippen molar-refractivity contribution in [1.82, 2.24) is 0 Å². The maximum atomic E-state index is 14.4. The quantitative estimate of drug-likeness (QED) is 0.382. The summed E-state index contributed by atoms with van der Waals surface area (Å²) < 4.78 is 102. The topological polar surface area (TPSA) is 46.6 Å². The molecule has 1 saturated carbocycles. The van der Waals surface area contributed by atoms with Crippen LogP contribution < -0.4 is 9.04 Å². The van der Waals surface area contributed by atoms with Crippen LogP contribution in [0.1, 0.15) is 24.8 Å². The summed E-state index contributed by atoms with van der Waals surface area (Å²) in [5.74, 6) is -1.05. The van der Waals surface area contributed by atoms with Gasteiger partial charge in [0, 0.05) is 5.56 Å². The number of rotatable bonds is 4. The van der Waals surface area contributed by atoms with Crippen molar-refractivity contribution in [3.05, 3.63) is 77.9 Å². The zero-order valence-corrected chi connectivity index (χ0v) is 19.0. The van der Waals surface area contributed by atoms with E-state index in [4.69, 9.17) is 4.74 Å². The fraction of sp³-hybridized carbons (Fsp3) is 0.280. The second-order valence-corrected chi connectivity index (χ2v) is 10.6. The normalized spacial score (nSPS) is 18.5. The third kappa shape index (κ3) is 4.35. The average molecular weight is 509 g/mol. The van der Waals surface area contributed by atoms with Crippen LogP contribution in [0, 0.1) is 17.6 Å². The van der Waals surface area contributed by atoms with Crippen LogP contribution in [-0.4, -0.2) is 21.1 Å². The molecule has 5 rings (SSSR count). The highest BCUT2D eigenvalue weighted by molar-refractivity contribution is 7.92. The molecule has 1 unspecified atom stereocenters. The first-order chi connectivity index (χ1) is 16.5. The maximum Gasteiger partial charge on any atom is 0.416 e. The van der Waals surface area contributed by atoms with Gasteiger partial charge in [0.1, 0.15) is 23.5 Å². The monoisotopic (exact) mass is 509 g/mol. The third-order valence-electron chi connectivity index (χ3n) is 6.52. The molecule has 1 aliphatic carbocycles. The molecule has 1 heterocycles. The van der Waals surface area contributed by atoms with Gasteiger partial charge in [-0.2, -0.15) is 13.2 Å². The van der Waals surface area contributed by atoms with Gasteiger partial charge in [-0.05, 0) is 72.9 Å². The van der Waals surface area contributed by atoms with Gasteiger partial charge in [-0.1, -0.05) is 18.6 Å². The molecule has 0 spiro atoms. The van der Waals surface area contributed by atoms with Crippen LogP contribution in [0.3, 0.4) is 0 Å². The van der Waals surface area contributed by atoms with Gasteiger partial charge in [0.05, 0.1) is 22.7 Å². The number of anilines is 1. The number of nitrogens with zero attached hydrogens (tertiary/aromatic N) is 1. The number of sulfonamides is 1. The van der Waals surface area contributed by atoms with Crippen LogP contribution in [0.4, 0.5) is 27.6 Å². The number of hydrogen-bond donors (Lipinski definition) is 0. The molecular weight excluding hydrogens is 489 g/mol. The first-order valence-corrected chi connectivity index (χ1v) is 12.4. The van der Waals surface area contributed by atoms with E-state index < -0.39 is 44.4 Å². The lowest BCUT2D eigenvalue weighted by molar-refractivity contribution is -0.137. The van der Waals surface area contributed by atoms with Gasteiger partial charge in [-0.15, -0.1) is 0 Å². The van der Waals surface area contributed by atoms with Gasteiger partial charge in [0.15, 0.2) is 0 Å². The highest BCUT2D eigenvalue weighted by Gasteiger charge is 2.40. The van der Waals surface area contributed by atoms with E-state index in [0.29, 0.717) is 6.07 Å². The summed E-state index contributed by atoms with van der Waals surface area (Å²) in [7, 11) is -4.44. The second kappa shape index (κ2) is 8.51. The first-order valence-electron chi connectivity index (χ1n) is 11.0. The maximum absolute atomic E-state index is 14.4. The minimum atomic E-state index is -4.72. The Morgan fingerprint density at radius 2 is 1.71 bits per heavy atom. The molecule has 1 atom stereocenters. The summed E-state index contributed by atoms with van der Waals surface area (Å²) in [6, 6.07) is 10.8. The molecule has 0 amide bonds. The van der Waals surface area contributed by atoms with Crippen molar-refractivity contribution in [2.24, 2.45) is 5.92 Å². The standard InChI is InChI=1S/C25H20F5NO3S/c26-18-8-9-21(27)20(13-18)16-7-10-23-22(11-16)31(14-24(34-23)15-3-1-4-15)35(32,33)19-6-2-5-17(12-19)25(28,29)30/h2,5-13,15,24H,1,3-4,14H2. The molecule has 0 bridgehead atoms. The summed E-state index contributed by atoms with van der Waals surface area (Å²) in [5.41, 5.74) is -0.904. The lowest BCUT2D eigenvalue weighted by Crippen LogP contribution is -2.48. The molecular formula is C25H20F5NO3S. The summed E-state index contributed by atoms with van der Waals surface area (Å²) in [6.07, 6.45) is -2.51. The van der Waals surface area contributed by atoms with Crippen LogP contribution in [0.25, 0.3) is 11.1 Å². The minimum Gasteiger partial charge on any atom is -0.486 e. The highest BCUT2D eigenvalue weighted by atomic mass is 32.2. The molecule has 35 heavy (non-hydrogen) atoms. The molecule has 0 radical (unpaired) electrons. The van der Waals surface area contributed by atoms with E-state index in [1.165, 1.54) is 18.2 Å². The van der Waals surface area contributed by atoms with E-state index in [1.807, 2.05) is 0 Å². The summed E-state index contributed by atoms with van der Waals surface area (Å²) in [5, 5.41) is 0. The SMILES string of the molecule is O=S(=O)(c1cccc(C(F)(F)F)c1)N1CC(C2CCC2)Oc2ccc(-c3cc(F)ccc3F)cc21. The molecule has 1 aliphatic heterocycles. The van der Waals surface area contributed by atoms with Gasteiger partial charge >= 0.3 is 6.18 Å². The Morgan fingerprint density at radius 3 is 2.40 bits per heavy atom. The Bertz CT molecular complexity index is 1390. The number of fused-ring (bicyclic) bond motifs is 1. The number of alkyl halides is 3. The third-order valence-corrected chi connectivity index (χ3v) is 8.29. The van der Waals surface area contributed by atoms with Crippen molar-refractivity contribution in [1.29, 1.82) is 0 Å². The summed E-state index contributed by atoms with van der Waals surface area (Å²) in [6.45, 7) is -0.106. The molecule has 0 aromatic heterocycles. The lowest BCUT2D eigenvalue weighted by Gasteiger charge is -2.41.